The van der Waals surface area contributed by atoms with Crippen molar-refractivity contribution in [1.82, 2.24) is 0 Å². The van der Waals surface area contributed by atoms with Crippen LogP contribution in [0.1, 0.15) is 42.4 Å². The Labute approximate surface area is 274 Å². The largest absolute Gasteiger partial charge is 0.310 e. The molecule has 3 atom stereocenters. The van der Waals surface area contributed by atoms with Crippen LogP contribution in [-0.2, 0) is 5.41 Å². The molecular formula is C44H35NS. The summed E-state index contributed by atoms with van der Waals surface area (Å²) in [6.45, 7) is 2.26. The lowest BCUT2D eigenvalue weighted by molar-refractivity contribution is 0.327. The highest BCUT2D eigenvalue weighted by Gasteiger charge is 2.56. The summed E-state index contributed by atoms with van der Waals surface area (Å²) < 4.78 is 2.67. The monoisotopic (exact) mass is 609 g/mol. The Bertz CT molecular complexity index is 2310. The van der Waals surface area contributed by atoms with Gasteiger partial charge in [-0.15, -0.1) is 11.3 Å². The standard InChI is InChI=1S/C44H35NS/c1-28-23-31(30-9-3-2-4-10-30)16-22-41(28)45(34-18-20-37-36-12-6-8-14-42(36)46-43(37)26-34)33-19-21-40-38(25-33)35-11-5-7-13-39(35)44(40)27-29-15-17-32(44)24-29/h2-14,16,18-23,25-26,29,32H,15,17,24,27H2,1H3. The van der Waals surface area contributed by atoms with E-state index in [4.69, 9.17) is 0 Å². The molecule has 3 aliphatic carbocycles. The van der Waals surface area contributed by atoms with E-state index in [0.717, 1.165) is 11.8 Å². The number of hydrogen-bond donors (Lipinski definition) is 0. The third-order valence-electron chi connectivity index (χ3n) is 11.5. The zero-order chi connectivity index (χ0) is 30.4. The second-order valence-corrected chi connectivity index (χ2v) is 14.9. The molecule has 222 valence electrons. The van der Waals surface area contributed by atoms with Crippen molar-refractivity contribution >= 4 is 48.6 Å². The van der Waals surface area contributed by atoms with Crippen molar-refractivity contribution in [2.75, 3.05) is 4.90 Å². The zero-order valence-corrected chi connectivity index (χ0v) is 26.9. The maximum absolute atomic E-state index is 2.51. The van der Waals surface area contributed by atoms with Crippen LogP contribution in [0.4, 0.5) is 17.1 Å². The number of nitrogens with zero attached hydrogens (tertiary/aromatic N) is 1. The van der Waals surface area contributed by atoms with Crippen LogP contribution in [0.3, 0.4) is 0 Å². The molecule has 7 aromatic rings. The van der Waals surface area contributed by atoms with E-state index in [1.807, 2.05) is 11.3 Å². The molecule has 2 saturated carbocycles. The van der Waals surface area contributed by atoms with Crippen LogP contribution < -0.4 is 4.90 Å². The highest BCUT2D eigenvalue weighted by atomic mass is 32.1. The van der Waals surface area contributed by atoms with Gasteiger partial charge in [-0.25, -0.2) is 0 Å². The average Bonchev–Trinajstić information content (AvgIpc) is 3.87. The molecule has 2 heteroatoms. The first-order valence-electron chi connectivity index (χ1n) is 16.8. The van der Waals surface area contributed by atoms with Crippen LogP contribution in [0.15, 0.2) is 133 Å². The van der Waals surface area contributed by atoms with E-state index >= 15 is 0 Å². The molecule has 3 unspecified atom stereocenters. The van der Waals surface area contributed by atoms with E-state index in [9.17, 15) is 0 Å². The van der Waals surface area contributed by atoms with Crippen molar-refractivity contribution in [1.29, 1.82) is 0 Å². The average molecular weight is 610 g/mol. The summed E-state index contributed by atoms with van der Waals surface area (Å²) in [5.41, 5.74) is 13.7. The maximum atomic E-state index is 2.51. The molecule has 0 radical (unpaired) electrons. The molecule has 1 nitrogen and oxygen atoms in total. The first-order valence-corrected chi connectivity index (χ1v) is 17.6. The first-order chi connectivity index (χ1) is 22.7. The van der Waals surface area contributed by atoms with Gasteiger partial charge in [-0.05, 0) is 119 Å². The van der Waals surface area contributed by atoms with Gasteiger partial charge in [0.25, 0.3) is 0 Å². The third kappa shape index (κ3) is 3.74. The minimum absolute atomic E-state index is 0.196. The van der Waals surface area contributed by atoms with Gasteiger partial charge in [-0.2, -0.15) is 0 Å². The maximum Gasteiger partial charge on any atom is 0.0491 e. The van der Waals surface area contributed by atoms with Gasteiger partial charge in [0.05, 0.1) is 0 Å². The van der Waals surface area contributed by atoms with Crippen molar-refractivity contribution in [3.8, 4) is 22.3 Å². The molecule has 3 aliphatic rings. The molecule has 2 fully saturated rings. The number of rotatable bonds is 4. The Morgan fingerprint density at radius 3 is 2.22 bits per heavy atom. The second kappa shape index (κ2) is 9.92. The number of aryl methyl sites for hydroxylation is 1. The molecule has 1 spiro atoms. The molecular weight excluding hydrogens is 575 g/mol. The third-order valence-corrected chi connectivity index (χ3v) is 12.6. The van der Waals surface area contributed by atoms with Gasteiger partial charge in [0, 0.05) is 42.6 Å². The number of thiophene rings is 1. The number of benzene rings is 6. The fraction of sp³-hybridized carbons (Fsp3) is 0.182. The van der Waals surface area contributed by atoms with E-state index in [1.165, 1.54) is 90.7 Å². The van der Waals surface area contributed by atoms with E-state index in [-0.39, 0.29) is 5.41 Å². The minimum Gasteiger partial charge on any atom is -0.310 e. The zero-order valence-electron chi connectivity index (χ0n) is 26.0. The molecule has 6 aromatic carbocycles. The van der Waals surface area contributed by atoms with Gasteiger partial charge in [0.15, 0.2) is 0 Å². The molecule has 46 heavy (non-hydrogen) atoms. The van der Waals surface area contributed by atoms with Gasteiger partial charge in [0.2, 0.25) is 0 Å². The Morgan fingerprint density at radius 2 is 1.37 bits per heavy atom. The second-order valence-electron chi connectivity index (χ2n) is 13.8. The van der Waals surface area contributed by atoms with Crippen molar-refractivity contribution in [2.24, 2.45) is 11.8 Å². The van der Waals surface area contributed by atoms with Gasteiger partial charge in [-0.1, -0.05) is 97.4 Å². The van der Waals surface area contributed by atoms with Crippen molar-refractivity contribution < 1.29 is 0 Å². The highest BCUT2D eigenvalue weighted by Crippen LogP contribution is 2.66. The molecule has 2 bridgehead atoms. The highest BCUT2D eigenvalue weighted by molar-refractivity contribution is 7.25. The predicted octanol–water partition coefficient (Wildman–Crippen LogP) is 12.6. The van der Waals surface area contributed by atoms with Crippen molar-refractivity contribution in [2.45, 2.75) is 38.0 Å². The quantitative estimate of drug-likeness (QED) is 0.192. The Kier molecular flexibility index (Phi) is 5.72. The van der Waals surface area contributed by atoms with Crippen LogP contribution in [0, 0.1) is 18.8 Å². The molecule has 0 N–H and O–H groups in total. The molecule has 10 rings (SSSR count). The number of hydrogen-bond acceptors (Lipinski definition) is 2. The van der Waals surface area contributed by atoms with Crippen LogP contribution in [0.2, 0.25) is 0 Å². The molecule has 1 aromatic heterocycles. The van der Waals surface area contributed by atoms with E-state index in [2.05, 4.69) is 145 Å². The van der Waals surface area contributed by atoms with Gasteiger partial charge < -0.3 is 4.90 Å². The Hall–Kier alpha value is -4.66. The molecule has 1 heterocycles. The van der Waals surface area contributed by atoms with Gasteiger partial charge in [0.1, 0.15) is 0 Å². The summed E-state index contributed by atoms with van der Waals surface area (Å²) in [6, 6.07) is 50.3. The normalized spacial score (nSPS) is 20.9. The fourth-order valence-corrected chi connectivity index (χ4v) is 10.7. The SMILES string of the molecule is Cc1cc(-c2ccccc2)ccc1N(c1ccc2c(c1)-c1ccccc1C21CC2CCC1C2)c1ccc2c(c1)sc1ccccc12. The van der Waals surface area contributed by atoms with E-state index in [0.29, 0.717) is 0 Å². The summed E-state index contributed by atoms with van der Waals surface area (Å²) in [7, 11) is 0. The lowest BCUT2D eigenvalue weighted by atomic mass is 9.67. The van der Waals surface area contributed by atoms with E-state index in [1.54, 1.807) is 11.1 Å². The molecule has 0 aliphatic heterocycles. The van der Waals surface area contributed by atoms with E-state index < -0.39 is 0 Å². The summed E-state index contributed by atoms with van der Waals surface area (Å²) in [6.07, 6.45) is 5.49. The van der Waals surface area contributed by atoms with Crippen LogP contribution >= 0.6 is 11.3 Å². The fourth-order valence-electron chi connectivity index (χ4n) is 9.52. The van der Waals surface area contributed by atoms with Crippen LogP contribution in [0.25, 0.3) is 42.4 Å². The minimum atomic E-state index is 0.196. The Balaban J connectivity index is 1.17. The molecule has 0 saturated heterocycles. The molecule has 0 amide bonds. The lowest BCUT2D eigenvalue weighted by Gasteiger charge is -2.36. The van der Waals surface area contributed by atoms with Gasteiger partial charge >= 0.3 is 0 Å². The van der Waals surface area contributed by atoms with Crippen molar-refractivity contribution in [3.05, 3.63) is 150 Å². The smallest absolute Gasteiger partial charge is 0.0491 e. The topological polar surface area (TPSA) is 3.24 Å². The Morgan fingerprint density at radius 1 is 0.609 bits per heavy atom. The van der Waals surface area contributed by atoms with Crippen LogP contribution in [0.5, 0.6) is 0 Å². The van der Waals surface area contributed by atoms with Crippen LogP contribution in [-0.4, -0.2) is 0 Å². The summed E-state index contributed by atoms with van der Waals surface area (Å²) >= 11 is 1.89. The summed E-state index contributed by atoms with van der Waals surface area (Å²) in [4.78, 5) is 2.50. The number of fused-ring (bicyclic) bond motifs is 11. The number of anilines is 3. The predicted molar refractivity (Wildman–Crippen MR) is 196 cm³/mol. The van der Waals surface area contributed by atoms with Crippen molar-refractivity contribution in [3.63, 3.8) is 0 Å². The summed E-state index contributed by atoms with van der Waals surface area (Å²) in [5.74, 6) is 1.64. The van der Waals surface area contributed by atoms with Gasteiger partial charge in [-0.3, -0.25) is 0 Å². The summed E-state index contributed by atoms with van der Waals surface area (Å²) in [5, 5.41) is 2.68. The lowest BCUT2D eigenvalue weighted by Crippen LogP contribution is -2.31. The first kappa shape index (κ1) is 26.5.